The van der Waals surface area contributed by atoms with Gasteiger partial charge in [-0.25, -0.2) is 4.79 Å². The zero-order chi connectivity index (χ0) is 14.4. The van der Waals surface area contributed by atoms with Crippen molar-refractivity contribution >= 4 is 17.6 Å². The van der Waals surface area contributed by atoms with E-state index in [0.717, 1.165) is 19.3 Å². The van der Waals surface area contributed by atoms with Gasteiger partial charge in [0.25, 0.3) is 0 Å². The number of nitrogens with one attached hydrogen (secondary N) is 1. The number of rotatable bonds is 4. The van der Waals surface area contributed by atoms with E-state index >= 15 is 0 Å². The summed E-state index contributed by atoms with van der Waals surface area (Å²) in [6.07, 6.45) is 6.95. The molecule has 0 unspecified atom stereocenters. The Labute approximate surface area is 118 Å². The maximum absolute atomic E-state index is 12.0. The number of anilines is 1. The molecule has 0 heterocycles. The van der Waals surface area contributed by atoms with Crippen molar-refractivity contribution in [3.05, 3.63) is 41.5 Å². The zero-order valence-corrected chi connectivity index (χ0v) is 11.6. The van der Waals surface area contributed by atoms with Gasteiger partial charge in [0.1, 0.15) is 0 Å². The summed E-state index contributed by atoms with van der Waals surface area (Å²) in [5.41, 5.74) is 2.06. The van der Waals surface area contributed by atoms with E-state index in [4.69, 9.17) is 4.74 Å². The highest BCUT2D eigenvalue weighted by Gasteiger charge is 2.14. The Morgan fingerprint density at radius 1 is 1.25 bits per heavy atom. The number of methoxy groups -OCH3 is 1. The summed E-state index contributed by atoms with van der Waals surface area (Å²) < 4.78 is 4.71. The SMILES string of the molecule is COC(=O)c1ccccc1NC(=O)CC1=CCCCC1. The van der Waals surface area contributed by atoms with Crippen LogP contribution in [0.4, 0.5) is 5.69 Å². The smallest absolute Gasteiger partial charge is 0.339 e. The molecule has 1 amide bonds. The van der Waals surface area contributed by atoms with Gasteiger partial charge in [0, 0.05) is 6.42 Å². The lowest BCUT2D eigenvalue weighted by molar-refractivity contribution is -0.115. The summed E-state index contributed by atoms with van der Waals surface area (Å²) in [5, 5.41) is 2.79. The molecule has 1 aromatic carbocycles. The molecule has 0 radical (unpaired) electrons. The number of carbonyl (C=O) groups is 2. The van der Waals surface area contributed by atoms with E-state index in [1.165, 1.54) is 19.1 Å². The lowest BCUT2D eigenvalue weighted by Crippen LogP contribution is -2.16. The number of hydrogen-bond donors (Lipinski definition) is 1. The van der Waals surface area contributed by atoms with E-state index in [0.29, 0.717) is 17.7 Å². The van der Waals surface area contributed by atoms with Gasteiger partial charge in [-0.15, -0.1) is 0 Å². The van der Waals surface area contributed by atoms with E-state index in [1.54, 1.807) is 24.3 Å². The van der Waals surface area contributed by atoms with Crippen LogP contribution in [0.25, 0.3) is 0 Å². The van der Waals surface area contributed by atoms with Gasteiger partial charge in [-0.2, -0.15) is 0 Å². The number of ether oxygens (including phenoxy) is 1. The molecular formula is C16H19NO3. The largest absolute Gasteiger partial charge is 0.465 e. The number of para-hydroxylation sites is 1. The minimum Gasteiger partial charge on any atom is -0.465 e. The van der Waals surface area contributed by atoms with E-state index < -0.39 is 5.97 Å². The predicted octanol–water partition coefficient (Wildman–Crippen LogP) is 3.30. The number of allylic oxidation sites excluding steroid dienone is 1. The number of esters is 1. The maximum Gasteiger partial charge on any atom is 0.339 e. The fraction of sp³-hybridized carbons (Fsp3) is 0.375. The summed E-state index contributed by atoms with van der Waals surface area (Å²) in [6, 6.07) is 6.87. The van der Waals surface area contributed by atoms with E-state index in [2.05, 4.69) is 11.4 Å². The molecule has 0 aromatic heterocycles. The fourth-order valence-electron chi connectivity index (χ4n) is 2.35. The molecule has 0 saturated carbocycles. The highest BCUT2D eigenvalue weighted by Crippen LogP contribution is 2.21. The summed E-state index contributed by atoms with van der Waals surface area (Å²) in [6.45, 7) is 0. The Kier molecular flexibility index (Phi) is 4.93. The number of amides is 1. The van der Waals surface area contributed by atoms with Gasteiger partial charge >= 0.3 is 5.97 Å². The summed E-state index contributed by atoms with van der Waals surface area (Å²) in [5.74, 6) is -0.535. The molecule has 20 heavy (non-hydrogen) atoms. The fourth-order valence-corrected chi connectivity index (χ4v) is 2.35. The average Bonchev–Trinajstić information content (AvgIpc) is 2.48. The van der Waals surface area contributed by atoms with Crippen molar-refractivity contribution in [2.45, 2.75) is 32.1 Å². The Hall–Kier alpha value is -2.10. The van der Waals surface area contributed by atoms with Crippen molar-refractivity contribution in [3.63, 3.8) is 0 Å². The van der Waals surface area contributed by atoms with Crippen LogP contribution in [0.15, 0.2) is 35.9 Å². The van der Waals surface area contributed by atoms with Crippen molar-refractivity contribution in [2.24, 2.45) is 0 Å². The zero-order valence-electron chi connectivity index (χ0n) is 11.6. The van der Waals surface area contributed by atoms with Gasteiger partial charge in [-0.3, -0.25) is 4.79 Å². The van der Waals surface area contributed by atoms with Crippen LogP contribution in [-0.4, -0.2) is 19.0 Å². The minimum absolute atomic E-state index is 0.0884. The first kappa shape index (κ1) is 14.3. The summed E-state index contributed by atoms with van der Waals surface area (Å²) >= 11 is 0. The van der Waals surface area contributed by atoms with E-state index in [-0.39, 0.29) is 5.91 Å². The third kappa shape index (κ3) is 3.70. The van der Waals surface area contributed by atoms with Crippen LogP contribution in [0.1, 0.15) is 42.5 Å². The highest BCUT2D eigenvalue weighted by atomic mass is 16.5. The molecule has 0 bridgehead atoms. The van der Waals surface area contributed by atoms with Crippen LogP contribution in [0.5, 0.6) is 0 Å². The van der Waals surface area contributed by atoms with E-state index in [9.17, 15) is 9.59 Å². The first-order valence-electron chi connectivity index (χ1n) is 6.86. The van der Waals surface area contributed by atoms with Crippen molar-refractivity contribution < 1.29 is 14.3 Å². The molecule has 0 aliphatic heterocycles. The van der Waals surface area contributed by atoms with Crippen LogP contribution in [-0.2, 0) is 9.53 Å². The summed E-state index contributed by atoms with van der Waals surface area (Å²) in [7, 11) is 1.33. The molecule has 1 aliphatic carbocycles. The third-order valence-corrected chi connectivity index (χ3v) is 3.38. The molecular weight excluding hydrogens is 254 g/mol. The first-order valence-corrected chi connectivity index (χ1v) is 6.86. The van der Waals surface area contributed by atoms with Crippen LogP contribution in [0, 0.1) is 0 Å². The predicted molar refractivity (Wildman–Crippen MR) is 77.6 cm³/mol. The van der Waals surface area contributed by atoms with Crippen LogP contribution < -0.4 is 5.32 Å². The standard InChI is InChI=1S/C16H19NO3/c1-20-16(19)13-9-5-6-10-14(13)17-15(18)11-12-7-3-2-4-8-12/h5-7,9-10H,2-4,8,11H2,1H3,(H,17,18). The molecule has 4 nitrogen and oxygen atoms in total. The van der Waals surface area contributed by atoms with Gasteiger partial charge in [0.15, 0.2) is 0 Å². The third-order valence-electron chi connectivity index (χ3n) is 3.38. The van der Waals surface area contributed by atoms with E-state index in [1.807, 2.05) is 0 Å². The van der Waals surface area contributed by atoms with Gasteiger partial charge < -0.3 is 10.1 Å². The highest BCUT2D eigenvalue weighted by molar-refractivity contribution is 6.01. The summed E-state index contributed by atoms with van der Waals surface area (Å²) in [4.78, 5) is 23.7. The van der Waals surface area contributed by atoms with Crippen molar-refractivity contribution in [3.8, 4) is 0 Å². The molecule has 1 aliphatic rings. The first-order chi connectivity index (χ1) is 9.70. The Morgan fingerprint density at radius 2 is 2.05 bits per heavy atom. The Morgan fingerprint density at radius 3 is 2.75 bits per heavy atom. The lowest BCUT2D eigenvalue weighted by Gasteiger charge is -2.13. The second-order valence-electron chi connectivity index (χ2n) is 4.87. The number of benzene rings is 1. The molecule has 0 atom stereocenters. The quantitative estimate of drug-likeness (QED) is 0.676. The van der Waals surface area contributed by atoms with Crippen LogP contribution >= 0.6 is 0 Å². The Bertz CT molecular complexity index is 534. The molecule has 4 heteroatoms. The monoisotopic (exact) mass is 273 g/mol. The van der Waals surface area contributed by atoms with Gasteiger partial charge in [0.05, 0.1) is 18.4 Å². The van der Waals surface area contributed by atoms with Crippen molar-refractivity contribution in [2.75, 3.05) is 12.4 Å². The number of carbonyl (C=O) groups excluding carboxylic acids is 2. The minimum atomic E-state index is -0.446. The van der Waals surface area contributed by atoms with Crippen molar-refractivity contribution in [1.82, 2.24) is 0 Å². The topological polar surface area (TPSA) is 55.4 Å². The average molecular weight is 273 g/mol. The second-order valence-corrected chi connectivity index (χ2v) is 4.87. The molecule has 0 saturated heterocycles. The maximum atomic E-state index is 12.0. The van der Waals surface area contributed by atoms with Gasteiger partial charge in [-0.05, 0) is 37.8 Å². The lowest BCUT2D eigenvalue weighted by atomic mass is 9.97. The van der Waals surface area contributed by atoms with Crippen LogP contribution in [0.3, 0.4) is 0 Å². The molecule has 0 fully saturated rings. The number of hydrogen-bond acceptors (Lipinski definition) is 3. The Balaban J connectivity index is 2.04. The molecule has 0 spiro atoms. The van der Waals surface area contributed by atoms with Gasteiger partial charge in [-0.1, -0.05) is 23.8 Å². The molecule has 1 N–H and O–H groups in total. The second kappa shape index (κ2) is 6.89. The molecule has 2 rings (SSSR count). The van der Waals surface area contributed by atoms with Crippen molar-refractivity contribution in [1.29, 1.82) is 0 Å². The van der Waals surface area contributed by atoms with Gasteiger partial charge in [0.2, 0.25) is 5.91 Å². The molecule has 106 valence electrons. The van der Waals surface area contributed by atoms with Crippen LogP contribution in [0.2, 0.25) is 0 Å². The molecule has 1 aromatic rings. The normalized spacial score (nSPS) is 14.3.